The van der Waals surface area contributed by atoms with Crippen LogP contribution in [0.15, 0.2) is 12.1 Å². The summed E-state index contributed by atoms with van der Waals surface area (Å²) in [4.78, 5) is 2.59. The van der Waals surface area contributed by atoms with Crippen LogP contribution in [-0.2, 0) is 6.54 Å². The average molecular weight is 514 g/mol. The SMILES string of the molecule is C[C@H](CNCc1cc(I)cc(I)c1O)CN1CCCCC1. The van der Waals surface area contributed by atoms with E-state index in [0.717, 1.165) is 22.2 Å². The maximum Gasteiger partial charge on any atom is 0.133 e. The van der Waals surface area contributed by atoms with Gasteiger partial charge in [-0.1, -0.05) is 13.3 Å². The highest BCUT2D eigenvalue weighted by molar-refractivity contribution is 14.1. The maximum atomic E-state index is 10.1. The Bertz CT molecular complexity index is 462. The first-order valence-corrected chi connectivity index (χ1v) is 9.82. The Hall–Kier alpha value is 0.400. The van der Waals surface area contributed by atoms with Gasteiger partial charge in [0.1, 0.15) is 5.75 Å². The van der Waals surface area contributed by atoms with Crippen molar-refractivity contribution in [3.63, 3.8) is 0 Å². The van der Waals surface area contributed by atoms with Crippen molar-refractivity contribution in [2.24, 2.45) is 5.92 Å². The Morgan fingerprint density at radius 3 is 2.67 bits per heavy atom. The van der Waals surface area contributed by atoms with Crippen LogP contribution in [-0.4, -0.2) is 36.2 Å². The lowest BCUT2D eigenvalue weighted by Crippen LogP contribution is -2.36. The Kier molecular flexibility index (Phi) is 7.51. The van der Waals surface area contributed by atoms with Gasteiger partial charge in [-0.2, -0.15) is 0 Å². The molecule has 0 bridgehead atoms. The number of phenolic OH excluding ortho intramolecular Hbond substituents is 1. The zero-order valence-electron chi connectivity index (χ0n) is 12.5. The molecule has 1 aliphatic heterocycles. The predicted molar refractivity (Wildman–Crippen MR) is 105 cm³/mol. The zero-order valence-corrected chi connectivity index (χ0v) is 16.9. The minimum absolute atomic E-state index is 0.423. The van der Waals surface area contributed by atoms with Gasteiger partial charge in [0.05, 0.1) is 3.57 Å². The van der Waals surface area contributed by atoms with Crippen molar-refractivity contribution in [3.8, 4) is 5.75 Å². The van der Waals surface area contributed by atoms with E-state index in [9.17, 15) is 5.11 Å². The minimum Gasteiger partial charge on any atom is -0.507 e. The number of benzene rings is 1. The van der Waals surface area contributed by atoms with E-state index >= 15 is 0 Å². The average Bonchev–Trinajstić information content (AvgIpc) is 2.45. The van der Waals surface area contributed by atoms with Crippen LogP contribution in [0.4, 0.5) is 0 Å². The molecule has 5 heteroatoms. The molecule has 1 saturated heterocycles. The highest BCUT2D eigenvalue weighted by atomic mass is 127. The molecule has 2 rings (SSSR count). The van der Waals surface area contributed by atoms with Crippen LogP contribution in [0.3, 0.4) is 0 Å². The zero-order chi connectivity index (χ0) is 15.2. The summed E-state index contributed by atoms with van der Waals surface area (Å²) in [6, 6.07) is 4.05. The van der Waals surface area contributed by atoms with Gasteiger partial charge < -0.3 is 15.3 Å². The van der Waals surface area contributed by atoms with E-state index in [-0.39, 0.29) is 0 Å². The number of rotatable bonds is 6. The largest absolute Gasteiger partial charge is 0.507 e. The van der Waals surface area contributed by atoms with Crippen molar-refractivity contribution in [1.82, 2.24) is 10.2 Å². The number of hydrogen-bond donors (Lipinski definition) is 2. The number of likely N-dealkylation sites (tertiary alicyclic amines) is 1. The molecular weight excluding hydrogens is 490 g/mol. The van der Waals surface area contributed by atoms with Crippen molar-refractivity contribution in [2.75, 3.05) is 26.2 Å². The molecule has 1 aliphatic rings. The second-order valence-electron chi connectivity index (χ2n) is 5.99. The molecule has 1 fully saturated rings. The van der Waals surface area contributed by atoms with Crippen molar-refractivity contribution >= 4 is 45.2 Å². The Morgan fingerprint density at radius 1 is 1.24 bits per heavy atom. The number of nitrogens with one attached hydrogen (secondary N) is 1. The smallest absolute Gasteiger partial charge is 0.133 e. The number of halogens is 2. The molecule has 1 heterocycles. The molecule has 1 atom stereocenters. The minimum atomic E-state index is 0.423. The fourth-order valence-electron chi connectivity index (χ4n) is 2.85. The molecule has 1 aromatic rings. The number of piperidine rings is 1. The highest BCUT2D eigenvalue weighted by Gasteiger charge is 2.13. The molecule has 0 aliphatic carbocycles. The van der Waals surface area contributed by atoms with E-state index in [1.807, 2.05) is 6.07 Å². The van der Waals surface area contributed by atoms with Crippen LogP contribution in [0.5, 0.6) is 5.75 Å². The fourth-order valence-corrected chi connectivity index (χ4v) is 4.82. The monoisotopic (exact) mass is 514 g/mol. The lowest BCUT2D eigenvalue weighted by atomic mass is 10.1. The molecule has 0 amide bonds. The predicted octanol–water partition coefficient (Wildman–Crippen LogP) is 3.81. The normalized spacial score (nSPS) is 17.9. The first kappa shape index (κ1) is 17.7. The molecule has 1 aromatic carbocycles. The van der Waals surface area contributed by atoms with Gasteiger partial charge in [0.25, 0.3) is 0 Å². The van der Waals surface area contributed by atoms with Gasteiger partial charge in [-0.25, -0.2) is 0 Å². The summed E-state index contributed by atoms with van der Waals surface area (Å²) in [6.07, 6.45) is 4.11. The summed E-state index contributed by atoms with van der Waals surface area (Å²) in [5.41, 5.74) is 0.997. The van der Waals surface area contributed by atoms with Crippen molar-refractivity contribution < 1.29 is 5.11 Å². The van der Waals surface area contributed by atoms with Gasteiger partial charge in [-0.15, -0.1) is 0 Å². The van der Waals surface area contributed by atoms with Crippen LogP contribution in [0.2, 0.25) is 0 Å². The van der Waals surface area contributed by atoms with E-state index in [0.29, 0.717) is 11.7 Å². The van der Waals surface area contributed by atoms with Gasteiger partial charge in [0.2, 0.25) is 0 Å². The number of phenols is 1. The van der Waals surface area contributed by atoms with Gasteiger partial charge in [-0.3, -0.25) is 0 Å². The molecule has 0 aromatic heterocycles. The van der Waals surface area contributed by atoms with E-state index in [4.69, 9.17) is 0 Å². The van der Waals surface area contributed by atoms with Crippen LogP contribution in [0.25, 0.3) is 0 Å². The second-order valence-corrected chi connectivity index (χ2v) is 8.40. The van der Waals surface area contributed by atoms with Gasteiger partial charge in [0, 0.05) is 22.2 Å². The Labute approximate surface area is 155 Å². The van der Waals surface area contributed by atoms with E-state index in [2.05, 4.69) is 68.4 Å². The second kappa shape index (κ2) is 8.88. The van der Waals surface area contributed by atoms with Crippen molar-refractivity contribution in [1.29, 1.82) is 0 Å². The van der Waals surface area contributed by atoms with Gasteiger partial charge >= 0.3 is 0 Å². The molecule has 2 N–H and O–H groups in total. The third-order valence-electron chi connectivity index (χ3n) is 3.93. The highest BCUT2D eigenvalue weighted by Crippen LogP contribution is 2.26. The topological polar surface area (TPSA) is 35.5 Å². The molecule has 0 radical (unpaired) electrons. The summed E-state index contributed by atoms with van der Waals surface area (Å²) in [5.74, 6) is 1.07. The summed E-state index contributed by atoms with van der Waals surface area (Å²) >= 11 is 4.49. The van der Waals surface area contributed by atoms with E-state index in [1.54, 1.807) is 0 Å². The van der Waals surface area contributed by atoms with E-state index < -0.39 is 0 Å². The third kappa shape index (κ3) is 5.84. The summed E-state index contributed by atoms with van der Waals surface area (Å²) < 4.78 is 2.10. The maximum absolute atomic E-state index is 10.1. The standard InChI is InChI=1S/C16H24I2N2O/c1-12(11-20-5-3-2-4-6-20)9-19-10-13-7-14(17)8-15(18)16(13)21/h7-8,12,19,21H,2-6,9-11H2,1H3/t12-/m1/s1. The van der Waals surface area contributed by atoms with E-state index in [1.165, 1.54) is 42.5 Å². The fraction of sp³-hybridized carbons (Fsp3) is 0.625. The molecule has 0 saturated carbocycles. The summed E-state index contributed by atoms with van der Waals surface area (Å²) in [5, 5.41) is 13.6. The van der Waals surface area contributed by atoms with Gasteiger partial charge in [-0.05, 0) is 95.7 Å². The molecule has 118 valence electrons. The van der Waals surface area contributed by atoms with Gasteiger partial charge in [0.15, 0.2) is 0 Å². The lowest BCUT2D eigenvalue weighted by Gasteiger charge is -2.29. The first-order valence-electron chi connectivity index (χ1n) is 7.66. The van der Waals surface area contributed by atoms with Crippen molar-refractivity contribution in [2.45, 2.75) is 32.7 Å². The summed E-state index contributed by atoms with van der Waals surface area (Å²) in [7, 11) is 0. The summed E-state index contributed by atoms with van der Waals surface area (Å²) in [6.45, 7) is 7.75. The number of nitrogens with zero attached hydrogens (tertiary/aromatic N) is 1. The lowest BCUT2D eigenvalue weighted by molar-refractivity contribution is 0.199. The van der Waals surface area contributed by atoms with Crippen LogP contribution in [0, 0.1) is 13.1 Å². The number of aromatic hydroxyl groups is 1. The van der Waals surface area contributed by atoms with Crippen LogP contribution < -0.4 is 5.32 Å². The Balaban J connectivity index is 1.76. The molecule has 0 spiro atoms. The molecular formula is C16H24I2N2O. The molecule has 0 unspecified atom stereocenters. The van der Waals surface area contributed by atoms with Crippen LogP contribution in [0.1, 0.15) is 31.7 Å². The Morgan fingerprint density at radius 2 is 1.95 bits per heavy atom. The number of hydrogen-bond acceptors (Lipinski definition) is 3. The molecule has 21 heavy (non-hydrogen) atoms. The van der Waals surface area contributed by atoms with Crippen LogP contribution >= 0.6 is 45.2 Å². The quantitative estimate of drug-likeness (QED) is 0.568. The van der Waals surface area contributed by atoms with Crippen molar-refractivity contribution in [3.05, 3.63) is 24.8 Å². The first-order chi connectivity index (χ1) is 10.1. The third-order valence-corrected chi connectivity index (χ3v) is 5.38. The molecule has 3 nitrogen and oxygen atoms in total.